The SMILES string of the molecule is CCc1cc(C(C)(C)C)c(C)c(-c2ccccc2C(=O)O)c1-c1ccccc1C(=O)O. The smallest absolute Gasteiger partial charge is 0.336 e. The van der Waals surface area contributed by atoms with Gasteiger partial charge in [-0.1, -0.05) is 70.2 Å². The fourth-order valence-electron chi connectivity index (χ4n) is 4.31. The molecular formula is C27H28O4. The van der Waals surface area contributed by atoms with Gasteiger partial charge in [-0.05, 0) is 69.8 Å². The molecule has 4 nitrogen and oxygen atoms in total. The van der Waals surface area contributed by atoms with Gasteiger partial charge in [-0.25, -0.2) is 9.59 Å². The van der Waals surface area contributed by atoms with Gasteiger partial charge in [-0.15, -0.1) is 0 Å². The molecule has 4 heteroatoms. The Morgan fingerprint density at radius 1 is 0.806 bits per heavy atom. The van der Waals surface area contributed by atoms with Gasteiger partial charge >= 0.3 is 11.9 Å². The molecule has 0 saturated carbocycles. The topological polar surface area (TPSA) is 74.6 Å². The Morgan fingerprint density at radius 2 is 1.26 bits per heavy atom. The highest BCUT2D eigenvalue weighted by Gasteiger charge is 2.27. The van der Waals surface area contributed by atoms with Crippen LogP contribution in [0.1, 0.15) is 65.1 Å². The highest BCUT2D eigenvalue weighted by Crippen LogP contribution is 2.44. The van der Waals surface area contributed by atoms with Crippen molar-refractivity contribution in [1.82, 2.24) is 0 Å². The lowest BCUT2D eigenvalue weighted by Crippen LogP contribution is -2.16. The normalized spacial score (nSPS) is 11.4. The number of carbonyl (C=O) groups is 2. The maximum Gasteiger partial charge on any atom is 0.336 e. The highest BCUT2D eigenvalue weighted by atomic mass is 16.4. The number of benzene rings is 3. The Hall–Kier alpha value is -3.40. The number of rotatable bonds is 5. The number of hydrogen-bond donors (Lipinski definition) is 2. The van der Waals surface area contributed by atoms with Gasteiger partial charge in [0.25, 0.3) is 0 Å². The third-order valence-corrected chi connectivity index (χ3v) is 5.71. The molecule has 2 N–H and O–H groups in total. The van der Waals surface area contributed by atoms with Crippen molar-refractivity contribution < 1.29 is 19.8 Å². The zero-order valence-corrected chi connectivity index (χ0v) is 18.6. The van der Waals surface area contributed by atoms with E-state index >= 15 is 0 Å². The fraction of sp³-hybridized carbons (Fsp3) is 0.259. The first-order valence-electron chi connectivity index (χ1n) is 10.4. The zero-order valence-electron chi connectivity index (χ0n) is 18.6. The summed E-state index contributed by atoms with van der Waals surface area (Å²) < 4.78 is 0. The Bertz CT molecular complexity index is 1170. The third kappa shape index (κ3) is 4.11. The minimum Gasteiger partial charge on any atom is -0.478 e. The van der Waals surface area contributed by atoms with Gasteiger partial charge in [0.15, 0.2) is 0 Å². The van der Waals surface area contributed by atoms with Crippen molar-refractivity contribution in [3.05, 3.63) is 82.4 Å². The van der Waals surface area contributed by atoms with E-state index in [4.69, 9.17) is 0 Å². The molecule has 0 fully saturated rings. The van der Waals surface area contributed by atoms with Crippen molar-refractivity contribution in [2.45, 2.75) is 46.5 Å². The van der Waals surface area contributed by atoms with E-state index in [0.29, 0.717) is 17.5 Å². The molecule has 0 amide bonds. The largest absolute Gasteiger partial charge is 0.478 e. The highest BCUT2D eigenvalue weighted by molar-refractivity contribution is 6.04. The molecule has 0 aliphatic carbocycles. The summed E-state index contributed by atoms with van der Waals surface area (Å²) in [4.78, 5) is 24.1. The number of aryl methyl sites for hydroxylation is 1. The summed E-state index contributed by atoms with van der Waals surface area (Å²) >= 11 is 0. The van der Waals surface area contributed by atoms with Crippen LogP contribution in [0.4, 0.5) is 0 Å². The van der Waals surface area contributed by atoms with Crippen LogP contribution in [0.25, 0.3) is 22.3 Å². The van der Waals surface area contributed by atoms with E-state index in [9.17, 15) is 19.8 Å². The standard InChI is InChI=1S/C27H28O4/c1-6-17-15-22(27(3,4)5)16(2)23(18-11-7-9-13-20(18)25(28)29)24(17)19-12-8-10-14-21(19)26(30)31/h7-15H,6H2,1-5H3,(H,28,29)(H,30,31). The van der Waals surface area contributed by atoms with Crippen molar-refractivity contribution >= 4 is 11.9 Å². The van der Waals surface area contributed by atoms with Gasteiger partial charge in [-0.3, -0.25) is 0 Å². The van der Waals surface area contributed by atoms with Crippen molar-refractivity contribution in [2.24, 2.45) is 0 Å². The molecule has 0 unspecified atom stereocenters. The molecule has 0 atom stereocenters. The molecule has 0 heterocycles. The van der Waals surface area contributed by atoms with Crippen LogP contribution in [0.15, 0.2) is 54.6 Å². The maximum absolute atomic E-state index is 12.1. The van der Waals surface area contributed by atoms with Crippen molar-refractivity contribution in [1.29, 1.82) is 0 Å². The first-order chi connectivity index (χ1) is 14.6. The minimum absolute atomic E-state index is 0.161. The van der Waals surface area contributed by atoms with Crippen LogP contribution in [0.5, 0.6) is 0 Å². The summed E-state index contributed by atoms with van der Waals surface area (Å²) in [5.74, 6) is -2.01. The summed E-state index contributed by atoms with van der Waals surface area (Å²) in [6, 6.07) is 16.0. The summed E-state index contributed by atoms with van der Waals surface area (Å²) in [7, 11) is 0. The molecule has 160 valence electrons. The summed E-state index contributed by atoms with van der Waals surface area (Å²) in [6.07, 6.45) is 0.689. The summed E-state index contributed by atoms with van der Waals surface area (Å²) in [5.41, 5.74) is 6.11. The Labute approximate surface area is 183 Å². The average Bonchev–Trinajstić information content (AvgIpc) is 2.72. The summed E-state index contributed by atoms with van der Waals surface area (Å²) in [5, 5.41) is 19.7. The van der Waals surface area contributed by atoms with E-state index in [0.717, 1.165) is 27.8 Å². The predicted molar refractivity (Wildman–Crippen MR) is 124 cm³/mol. The van der Waals surface area contributed by atoms with Gasteiger partial charge in [0, 0.05) is 0 Å². The second-order valence-electron chi connectivity index (χ2n) is 8.76. The molecule has 0 aliphatic heterocycles. The van der Waals surface area contributed by atoms with Gasteiger partial charge < -0.3 is 10.2 Å². The molecule has 3 aromatic carbocycles. The number of carboxylic acid groups (broad SMARTS) is 2. The van der Waals surface area contributed by atoms with E-state index in [1.54, 1.807) is 30.3 Å². The number of aromatic carboxylic acids is 2. The zero-order chi connectivity index (χ0) is 22.9. The average molecular weight is 417 g/mol. The Morgan fingerprint density at radius 3 is 1.68 bits per heavy atom. The van der Waals surface area contributed by atoms with Gasteiger partial charge in [0.2, 0.25) is 0 Å². The lowest BCUT2D eigenvalue weighted by atomic mass is 9.75. The first-order valence-corrected chi connectivity index (χ1v) is 10.4. The summed E-state index contributed by atoms with van der Waals surface area (Å²) in [6.45, 7) is 10.4. The lowest BCUT2D eigenvalue weighted by molar-refractivity contribution is 0.0686. The van der Waals surface area contributed by atoms with E-state index in [1.807, 2.05) is 32.0 Å². The second kappa shape index (κ2) is 8.38. The molecule has 0 spiro atoms. The van der Waals surface area contributed by atoms with Crippen LogP contribution in [0, 0.1) is 6.92 Å². The molecule has 0 bridgehead atoms. The van der Waals surface area contributed by atoms with Crippen LogP contribution < -0.4 is 0 Å². The third-order valence-electron chi connectivity index (χ3n) is 5.71. The second-order valence-corrected chi connectivity index (χ2v) is 8.76. The maximum atomic E-state index is 12.1. The minimum atomic E-state index is -1.01. The van der Waals surface area contributed by atoms with E-state index in [1.165, 1.54) is 0 Å². The van der Waals surface area contributed by atoms with E-state index < -0.39 is 11.9 Å². The van der Waals surface area contributed by atoms with Gasteiger partial charge in [0.1, 0.15) is 0 Å². The predicted octanol–water partition coefficient (Wildman–Crippen LogP) is 6.59. The number of hydrogen-bond acceptors (Lipinski definition) is 2. The van der Waals surface area contributed by atoms with Crippen molar-refractivity contribution in [2.75, 3.05) is 0 Å². The van der Waals surface area contributed by atoms with Crippen LogP contribution >= 0.6 is 0 Å². The fourth-order valence-corrected chi connectivity index (χ4v) is 4.31. The molecule has 0 radical (unpaired) electrons. The molecule has 3 aromatic rings. The lowest BCUT2D eigenvalue weighted by Gasteiger charge is -2.28. The van der Waals surface area contributed by atoms with Crippen LogP contribution in [0.2, 0.25) is 0 Å². The molecule has 3 rings (SSSR count). The van der Waals surface area contributed by atoms with Crippen molar-refractivity contribution in [3.8, 4) is 22.3 Å². The quantitative estimate of drug-likeness (QED) is 0.492. The number of carboxylic acids is 2. The molecular weight excluding hydrogens is 388 g/mol. The Kier molecular flexibility index (Phi) is 6.03. The molecule has 31 heavy (non-hydrogen) atoms. The van der Waals surface area contributed by atoms with Crippen molar-refractivity contribution in [3.63, 3.8) is 0 Å². The molecule has 0 aromatic heterocycles. The van der Waals surface area contributed by atoms with Gasteiger partial charge in [-0.2, -0.15) is 0 Å². The monoisotopic (exact) mass is 416 g/mol. The van der Waals surface area contributed by atoms with Crippen LogP contribution in [-0.4, -0.2) is 22.2 Å². The van der Waals surface area contributed by atoms with Gasteiger partial charge in [0.05, 0.1) is 11.1 Å². The first kappa shape index (κ1) is 22.3. The van der Waals surface area contributed by atoms with Crippen LogP contribution in [-0.2, 0) is 11.8 Å². The van der Waals surface area contributed by atoms with E-state index in [-0.39, 0.29) is 16.5 Å². The Balaban J connectivity index is 2.58. The molecule has 0 aliphatic rings. The van der Waals surface area contributed by atoms with Crippen LogP contribution in [0.3, 0.4) is 0 Å². The van der Waals surface area contributed by atoms with E-state index in [2.05, 4.69) is 26.8 Å². The molecule has 0 saturated heterocycles.